The molecule has 0 saturated carbocycles. The molecule has 1 unspecified atom stereocenters. The van der Waals surface area contributed by atoms with Crippen LogP contribution in [0.2, 0.25) is 5.02 Å². The zero-order valence-corrected chi connectivity index (χ0v) is 22.2. The van der Waals surface area contributed by atoms with Gasteiger partial charge in [0, 0.05) is 30.3 Å². The summed E-state index contributed by atoms with van der Waals surface area (Å²) in [6.07, 6.45) is 2.47. The highest BCUT2D eigenvalue weighted by molar-refractivity contribution is 7.92. The largest absolute Gasteiger partial charge is 0.371 e. The number of amides is 1. The highest BCUT2D eigenvalue weighted by atomic mass is 35.5. The van der Waals surface area contributed by atoms with E-state index in [1.54, 1.807) is 43.3 Å². The van der Waals surface area contributed by atoms with Crippen molar-refractivity contribution < 1.29 is 13.2 Å². The number of carbonyl (C=O) groups is 1. The Balaban J connectivity index is 1.48. The topological polar surface area (TPSA) is 69.7 Å². The maximum Gasteiger partial charge on any atom is 0.264 e. The fraction of sp³-hybridized carbons (Fsp3) is 0.321. The molecule has 3 aromatic rings. The van der Waals surface area contributed by atoms with E-state index in [0.717, 1.165) is 23.0 Å². The molecule has 8 heteroatoms. The predicted octanol–water partition coefficient (Wildman–Crippen LogP) is 5.40. The minimum atomic E-state index is -3.99. The van der Waals surface area contributed by atoms with Crippen LogP contribution in [-0.2, 0) is 21.4 Å². The van der Waals surface area contributed by atoms with Crippen LogP contribution in [0, 0.1) is 12.8 Å². The average Bonchev–Trinajstić information content (AvgIpc) is 2.88. The first-order valence-electron chi connectivity index (χ1n) is 12.2. The summed E-state index contributed by atoms with van der Waals surface area (Å²) in [6, 6.07) is 21.3. The lowest BCUT2D eigenvalue weighted by Crippen LogP contribution is -2.41. The number of anilines is 2. The molecular formula is C28H32ClN3O3S. The highest BCUT2D eigenvalue weighted by Gasteiger charge is 2.28. The second-order valence-corrected chi connectivity index (χ2v) is 11.6. The van der Waals surface area contributed by atoms with Crippen LogP contribution < -0.4 is 14.5 Å². The minimum absolute atomic E-state index is 0.111. The summed E-state index contributed by atoms with van der Waals surface area (Å²) in [5.74, 6) is 0.291. The van der Waals surface area contributed by atoms with E-state index >= 15 is 0 Å². The molecule has 190 valence electrons. The summed E-state index contributed by atoms with van der Waals surface area (Å²) in [4.78, 5) is 15.5. The Morgan fingerprint density at radius 2 is 1.78 bits per heavy atom. The van der Waals surface area contributed by atoms with Crippen molar-refractivity contribution in [1.82, 2.24) is 5.32 Å². The van der Waals surface area contributed by atoms with Crippen LogP contribution in [0.1, 0.15) is 30.9 Å². The molecule has 3 aromatic carbocycles. The van der Waals surface area contributed by atoms with Gasteiger partial charge in [-0.1, -0.05) is 54.9 Å². The molecule has 1 atom stereocenters. The molecule has 1 saturated heterocycles. The summed E-state index contributed by atoms with van der Waals surface area (Å²) in [6.45, 7) is 6.10. The second-order valence-electron chi connectivity index (χ2n) is 9.35. The van der Waals surface area contributed by atoms with Crippen molar-refractivity contribution in [1.29, 1.82) is 0 Å². The third kappa shape index (κ3) is 6.02. The van der Waals surface area contributed by atoms with E-state index in [2.05, 4.69) is 29.3 Å². The van der Waals surface area contributed by atoms with Gasteiger partial charge in [-0.2, -0.15) is 0 Å². The molecule has 4 rings (SSSR count). The van der Waals surface area contributed by atoms with Gasteiger partial charge < -0.3 is 10.2 Å². The van der Waals surface area contributed by atoms with E-state index in [9.17, 15) is 13.2 Å². The maximum absolute atomic E-state index is 13.5. The standard InChI is InChI=1S/C28H32ClN3O3S/c1-21-8-7-17-31(19-21)24-15-13-23(14-16-24)18-30-28(33)20-32(27-12-6-11-26(29)22(27)2)36(34,35)25-9-4-3-5-10-25/h3-6,9-16,21H,7-8,17-20H2,1-2H3,(H,30,33). The summed E-state index contributed by atoms with van der Waals surface area (Å²) in [7, 11) is -3.99. The SMILES string of the molecule is Cc1c(Cl)cccc1N(CC(=O)NCc1ccc(N2CCCC(C)C2)cc1)S(=O)(=O)c1ccccc1. The van der Waals surface area contributed by atoms with Gasteiger partial charge >= 0.3 is 0 Å². The van der Waals surface area contributed by atoms with Crippen LogP contribution in [0.4, 0.5) is 11.4 Å². The van der Waals surface area contributed by atoms with Crippen molar-refractivity contribution in [2.24, 2.45) is 5.92 Å². The van der Waals surface area contributed by atoms with Crippen molar-refractivity contribution in [2.75, 3.05) is 28.8 Å². The number of hydrogen-bond acceptors (Lipinski definition) is 4. The fourth-order valence-electron chi connectivity index (χ4n) is 4.52. The molecule has 1 heterocycles. The van der Waals surface area contributed by atoms with E-state index < -0.39 is 15.9 Å². The summed E-state index contributed by atoms with van der Waals surface area (Å²) < 4.78 is 28.2. The molecule has 0 aliphatic carbocycles. The van der Waals surface area contributed by atoms with Gasteiger partial charge in [0.05, 0.1) is 10.6 Å². The van der Waals surface area contributed by atoms with Crippen molar-refractivity contribution in [3.63, 3.8) is 0 Å². The zero-order valence-electron chi connectivity index (χ0n) is 20.7. The smallest absolute Gasteiger partial charge is 0.264 e. The normalized spacial score (nSPS) is 16.0. The molecule has 1 amide bonds. The number of rotatable bonds is 8. The number of nitrogens with one attached hydrogen (secondary N) is 1. The van der Waals surface area contributed by atoms with Crippen LogP contribution in [0.5, 0.6) is 0 Å². The Bertz CT molecular complexity index is 1300. The molecule has 1 N–H and O–H groups in total. The monoisotopic (exact) mass is 525 g/mol. The quantitative estimate of drug-likeness (QED) is 0.427. The Morgan fingerprint density at radius 3 is 2.47 bits per heavy atom. The number of hydrogen-bond donors (Lipinski definition) is 1. The number of benzene rings is 3. The molecule has 0 bridgehead atoms. The average molecular weight is 526 g/mol. The first-order valence-corrected chi connectivity index (χ1v) is 14.0. The number of nitrogens with zero attached hydrogens (tertiary/aromatic N) is 2. The number of piperidine rings is 1. The van der Waals surface area contributed by atoms with Crippen molar-refractivity contribution in [3.8, 4) is 0 Å². The molecule has 6 nitrogen and oxygen atoms in total. The van der Waals surface area contributed by atoms with Gasteiger partial charge in [0.25, 0.3) is 10.0 Å². The van der Waals surface area contributed by atoms with Crippen molar-refractivity contribution in [2.45, 2.75) is 38.1 Å². The highest BCUT2D eigenvalue weighted by Crippen LogP contribution is 2.30. The fourth-order valence-corrected chi connectivity index (χ4v) is 6.19. The van der Waals surface area contributed by atoms with Crippen LogP contribution >= 0.6 is 11.6 Å². The Hall–Kier alpha value is -3.03. The van der Waals surface area contributed by atoms with Gasteiger partial charge in [-0.05, 0) is 73.2 Å². The summed E-state index contributed by atoms with van der Waals surface area (Å²) in [5, 5.41) is 3.31. The van der Waals surface area contributed by atoms with Gasteiger partial charge in [-0.3, -0.25) is 9.10 Å². The number of carbonyl (C=O) groups excluding carboxylic acids is 1. The zero-order chi connectivity index (χ0) is 25.7. The van der Waals surface area contributed by atoms with Gasteiger partial charge in [-0.15, -0.1) is 0 Å². The van der Waals surface area contributed by atoms with Gasteiger partial charge in [-0.25, -0.2) is 8.42 Å². The number of halogens is 1. The predicted molar refractivity (Wildman–Crippen MR) is 146 cm³/mol. The second kappa shape index (κ2) is 11.4. The molecule has 0 radical (unpaired) electrons. The maximum atomic E-state index is 13.5. The van der Waals surface area contributed by atoms with Crippen LogP contribution in [0.25, 0.3) is 0 Å². The molecule has 1 aliphatic heterocycles. The van der Waals surface area contributed by atoms with Crippen LogP contribution in [0.3, 0.4) is 0 Å². The third-order valence-electron chi connectivity index (χ3n) is 6.57. The molecule has 1 fully saturated rings. The summed E-state index contributed by atoms with van der Waals surface area (Å²) in [5.41, 5.74) is 3.11. The number of sulfonamides is 1. The van der Waals surface area contributed by atoms with E-state index in [1.807, 2.05) is 12.1 Å². The first-order chi connectivity index (χ1) is 17.3. The minimum Gasteiger partial charge on any atom is -0.371 e. The Labute approximate surface area is 218 Å². The lowest BCUT2D eigenvalue weighted by molar-refractivity contribution is -0.119. The van der Waals surface area contributed by atoms with E-state index in [1.165, 1.54) is 30.7 Å². The molecule has 0 spiro atoms. The van der Waals surface area contributed by atoms with E-state index in [4.69, 9.17) is 11.6 Å². The first kappa shape index (κ1) is 26.0. The van der Waals surface area contributed by atoms with Gasteiger partial charge in [0.1, 0.15) is 6.54 Å². The lowest BCUT2D eigenvalue weighted by Gasteiger charge is -2.32. The molecule has 36 heavy (non-hydrogen) atoms. The Kier molecular flexibility index (Phi) is 8.21. The van der Waals surface area contributed by atoms with Crippen LogP contribution in [-0.4, -0.2) is 34.0 Å². The van der Waals surface area contributed by atoms with Crippen molar-refractivity contribution >= 4 is 38.9 Å². The van der Waals surface area contributed by atoms with Crippen molar-refractivity contribution in [3.05, 3.63) is 88.9 Å². The third-order valence-corrected chi connectivity index (χ3v) is 8.76. The molecule has 1 aliphatic rings. The lowest BCUT2D eigenvalue weighted by atomic mass is 9.99. The molecule has 0 aromatic heterocycles. The van der Waals surface area contributed by atoms with Crippen LogP contribution in [0.15, 0.2) is 77.7 Å². The Morgan fingerprint density at radius 1 is 1.06 bits per heavy atom. The van der Waals surface area contributed by atoms with E-state index in [0.29, 0.717) is 28.7 Å². The van der Waals surface area contributed by atoms with Gasteiger partial charge in [0.2, 0.25) is 5.91 Å². The van der Waals surface area contributed by atoms with E-state index in [-0.39, 0.29) is 11.4 Å². The molecular weight excluding hydrogens is 494 g/mol. The van der Waals surface area contributed by atoms with Gasteiger partial charge in [0.15, 0.2) is 0 Å². The summed E-state index contributed by atoms with van der Waals surface area (Å²) >= 11 is 6.28.